The summed E-state index contributed by atoms with van der Waals surface area (Å²) in [7, 11) is 0. The summed E-state index contributed by atoms with van der Waals surface area (Å²) in [6.07, 6.45) is 1.61. The van der Waals surface area contributed by atoms with Gasteiger partial charge >= 0.3 is 0 Å². The molecular weight excluding hydrogens is 368 g/mol. The van der Waals surface area contributed by atoms with Crippen LogP contribution < -0.4 is 14.8 Å². The maximum absolute atomic E-state index is 12.8. The van der Waals surface area contributed by atoms with Gasteiger partial charge in [-0.3, -0.25) is 4.79 Å². The molecule has 0 fully saturated rings. The van der Waals surface area contributed by atoms with Crippen molar-refractivity contribution in [3.8, 4) is 17.2 Å². The molecule has 1 unspecified atom stereocenters. The summed E-state index contributed by atoms with van der Waals surface area (Å²) >= 11 is 0. The van der Waals surface area contributed by atoms with E-state index in [2.05, 4.69) is 34.7 Å². The SMILES string of the molecule is CCC(Cc1ccccc1)NC(=O)c1nnn(-c2ccc3c(c2)OCCO3)c1C. The summed E-state index contributed by atoms with van der Waals surface area (Å²) in [4.78, 5) is 12.8. The van der Waals surface area contributed by atoms with E-state index in [9.17, 15) is 4.79 Å². The minimum absolute atomic E-state index is 0.0312. The highest BCUT2D eigenvalue weighted by molar-refractivity contribution is 5.93. The van der Waals surface area contributed by atoms with Crippen molar-refractivity contribution in [1.29, 1.82) is 0 Å². The van der Waals surface area contributed by atoms with E-state index in [1.165, 1.54) is 5.56 Å². The zero-order chi connectivity index (χ0) is 20.2. The van der Waals surface area contributed by atoms with Gasteiger partial charge in [-0.1, -0.05) is 42.5 Å². The Balaban J connectivity index is 1.51. The Morgan fingerprint density at radius 1 is 1.14 bits per heavy atom. The van der Waals surface area contributed by atoms with Gasteiger partial charge in [0, 0.05) is 12.1 Å². The van der Waals surface area contributed by atoms with E-state index in [0.29, 0.717) is 36.1 Å². The van der Waals surface area contributed by atoms with Gasteiger partial charge in [-0.25, -0.2) is 4.68 Å². The number of nitrogens with one attached hydrogen (secondary N) is 1. The van der Waals surface area contributed by atoms with Crippen LogP contribution in [0.25, 0.3) is 5.69 Å². The normalized spacial score (nSPS) is 13.7. The molecular formula is C22H24N4O3. The first-order valence-electron chi connectivity index (χ1n) is 9.83. The van der Waals surface area contributed by atoms with Crippen LogP contribution in [-0.2, 0) is 6.42 Å². The topological polar surface area (TPSA) is 78.3 Å². The van der Waals surface area contributed by atoms with E-state index in [4.69, 9.17) is 9.47 Å². The average molecular weight is 392 g/mol. The van der Waals surface area contributed by atoms with Crippen molar-refractivity contribution >= 4 is 5.91 Å². The minimum atomic E-state index is -0.214. The summed E-state index contributed by atoms with van der Waals surface area (Å²) in [5, 5.41) is 11.4. The number of hydrogen-bond donors (Lipinski definition) is 1. The van der Waals surface area contributed by atoms with Crippen LogP contribution in [0.5, 0.6) is 11.5 Å². The molecule has 0 spiro atoms. The highest BCUT2D eigenvalue weighted by Gasteiger charge is 2.21. The number of amides is 1. The summed E-state index contributed by atoms with van der Waals surface area (Å²) in [5.74, 6) is 1.17. The van der Waals surface area contributed by atoms with Crippen LogP contribution in [0.4, 0.5) is 0 Å². The molecule has 0 radical (unpaired) electrons. The second-order valence-electron chi connectivity index (χ2n) is 7.03. The van der Waals surface area contributed by atoms with Crippen molar-refractivity contribution in [2.75, 3.05) is 13.2 Å². The number of nitrogens with zero attached hydrogens (tertiary/aromatic N) is 3. The van der Waals surface area contributed by atoms with Crippen LogP contribution in [0, 0.1) is 6.92 Å². The van der Waals surface area contributed by atoms with E-state index in [1.54, 1.807) is 4.68 Å². The molecule has 3 aromatic rings. The fourth-order valence-electron chi connectivity index (χ4n) is 3.40. The van der Waals surface area contributed by atoms with Crippen molar-refractivity contribution in [1.82, 2.24) is 20.3 Å². The second-order valence-corrected chi connectivity index (χ2v) is 7.03. The van der Waals surface area contributed by atoms with Gasteiger partial charge in [0.25, 0.3) is 5.91 Å². The molecule has 1 aliphatic heterocycles. The van der Waals surface area contributed by atoms with Gasteiger partial charge in [-0.05, 0) is 37.5 Å². The third-order valence-corrected chi connectivity index (χ3v) is 5.03. The van der Waals surface area contributed by atoms with Crippen molar-refractivity contribution in [2.24, 2.45) is 0 Å². The molecule has 0 saturated heterocycles. The Labute approximate surface area is 169 Å². The molecule has 1 aliphatic rings. The lowest BCUT2D eigenvalue weighted by Crippen LogP contribution is -2.36. The fraction of sp³-hybridized carbons (Fsp3) is 0.318. The number of fused-ring (bicyclic) bond motifs is 1. The third kappa shape index (κ3) is 4.08. The number of ether oxygens (including phenoxy) is 2. The highest BCUT2D eigenvalue weighted by Crippen LogP contribution is 2.32. The molecule has 150 valence electrons. The molecule has 1 aromatic heterocycles. The summed E-state index contributed by atoms with van der Waals surface area (Å²) in [6, 6.07) is 15.7. The summed E-state index contributed by atoms with van der Waals surface area (Å²) in [6.45, 7) is 4.96. The van der Waals surface area contributed by atoms with E-state index in [-0.39, 0.29) is 11.9 Å². The predicted molar refractivity (Wildman–Crippen MR) is 109 cm³/mol. The molecule has 0 saturated carbocycles. The smallest absolute Gasteiger partial charge is 0.273 e. The first-order chi connectivity index (χ1) is 14.2. The van der Waals surface area contributed by atoms with E-state index < -0.39 is 0 Å². The number of carbonyl (C=O) groups is 1. The molecule has 7 heteroatoms. The van der Waals surface area contributed by atoms with Gasteiger partial charge in [-0.15, -0.1) is 5.10 Å². The number of carbonyl (C=O) groups excluding carboxylic acids is 1. The van der Waals surface area contributed by atoms with Gasteiger partial charge in [0.15, 0.2) is 17.2 Å². The van der Waals surface area contributed by atoms with Gasteiger partial charge in [0.2, 0.25) is 0 Å². The van der Waals surface area contributed by atoms with Gasteiger partial charge in [0.1, 0.15) is 13.2 Å². The minimum Gasteiger partial charge on any atom is -0.486 e. The fourth-order valence-corrected chi connectivity index (χ4v) is 3.40. The summed E-state index contributed by atoms with van der Waals surface area (Å²) < 4.78 is 12.8. The van der Waals surface area contributed by atoms with Crippen LogP contribution in [0.15, 0.2) is 48.5 Å². The molecule has 1 N–H and O–H groups in total. The predicted octanol–water partition coefficient (Wildman–Crippen LogP) is 3.10. The van der Waals surface area contributed by atoms with Crippen LogP contribution in [0.2, 0.25) is 0 Å². The number of rotatable bonds is 6. The molecule has 2 heterocycles. The van der Waals surface area contributed by atoms with Gasteiger partial charge in [-0.2, -0.15) is 0 Å². The molecule has 7 nitrogen and oxygen atoms in total. The van der Waals surface area contributed by atoms with Crippen molar-refractivity contribution in [3.63, 3.8) is 0 Å². The first-order valence-corrected chi connectivity index (χ1v) is 9.83. The zero-order valence-electron chi connectivity index (χ0n) is 16.6. The summed E-state index contributed by atoms with van der Waals surface area (Å²) in [5.41, 5.74) is 2.96. The molecule has 2 aromatic carbocycles. The quantitative estimate of drug-likeness (QED) is 0.697. The number of hydrogen-bond acceptors (Lipinski definition) is 5. The lowest BCUT2D eigenvalue weighted by molar-refractivity contribution is 0.0930. The maximum atomic E-state index is 12.8. The number of benzene rings is 2. The molecule has 1 atom stereocenters. The van der Waals surface area contributed by atoms with Crippen molar-refractivity contribution in [3.05, 3.63) is 65.5 Å². The lowest BCUT2D eigenvalue weighted by Gasteiger charge is -2.19. The average Bonchev–Trinajstić information content (AvgIpc) is 3.15. The molecule has 0 aliphatic carbocycles. The van der Waals surface area contributed by atoms with E-state index in [0.717, 1.165) is 18.5 Å². The van der Waals surface area contributed by atoms with Crippen molar-refractivity contribution < 1.29 is 14.3 Å². The van der Waals surface area contributed by atoms with Gasteiger partial charge < -0.3 is 14.8 Å². The van der Waals surface area contributed by atoms with E-state index in [1.807, 2.05) is 43.3 Å². The van der Waals surface area contributed by atoms with E-state index >= 15 is 0 Å². The Hall–Kier alpha value is -3.35. The Kier molecular flexibility index (Phi) is 5.46. The molecule has 0 bridgehead atoms. The zero-order valence-corrected chi connectivity index (χ0v) is 16.6. The third-order valence-electron chi connectivity index (χ3n) is 5.03. The number of aromatic nitrogens is 3. The first kappa shape index (κ1) is 19.0. The van der Waals surface area contributed by atoms with Crippen LogP contribution in [0.3, 0.4) is 0 Å². The molecule has 1 amide bonds. The Bertz CT molecular complexity index is 1000. The van der Waals surface area contributed by atoms with Crippen molar-refractivity contribution in [2.45, 2.75) is 32.7 Å². The van der Waals surface area contributed by atoms with Crippen LogP contribution >= 0.6 is 0 Å². The highest BCUT2D eigenvalue weighted by atomic mass is 16.6. The second kappa shape index (κ2) is 8.34. The van der Waals surface area contributed by atoms with Crippen LogP contribution in [0.1, 0.15) is 35.1 Å². The molecule has 29 heavy (non-hydrogen) atoms. The molecule has 4 rings (SSSR count). The standard InChI is InChI=1S/C22H24N4O3/c1-3-17(13-16-7-5-4-6-8-16)23-22(27)21-15(2)26(25-24-21)18-9-10-19-20(14-18)29-12-11-28-19/h4-10,14,17H,3,11-13H2,1-2H3,(H,23,27). The largest absolute Gasteiger partial charge is 0.486 e. The van der Waals surface area contributed by atoms with Gasteiger partial charge in [0.05, 0.1) is 11.4 Å². The van der Waals surface area contributed by atoms with Crippen LogP contribution in [-0.4, -0.2) is 40.2 Å². The Morgan fingerprint density at radius 3 is 2.66 bits per heavy atom. The monoisotopic (exact) mass is 392 g/mol. The lowest BCUT2D eigenvalue weighted by atomic mass is 10.0. The maximum Gasteiger partial charge on any atom is 0.273 e. The Morgan fingerprint density at radius 2 is 1.90 bits per heavy atom.